The van der Waals surface area contributed by atoms with Crippen molar-refractivity contribution in [1.29, 1.82) is 0 Å². The molecule has 0 fully saturated rings. The molecular weight excluding hydrogens is 318 g/mol. The van der Waals surface area contributed by atoms with E-state index in [1.807, 2.05) is 49.4 Å². The third-order valence-electron chi connectivity index (χ3n) is 3.54. The number of methoxy groups -OCH3 is 2. The van der Waals surface area contributed by atoms with Crippen LogP contribution >= 0.6 is 0 Å². The van der Waals surface area contributed by atoms with Gasteiger partial charge in [-0.2, -0.15) is 0 Å². The fourth-order valence-electron chi connectivity index (χ4n) is 2.31. The molecule has 1 amide bonds. The number of amides is 1. The van der Waals surface area contributed by atoms with Gasteiger partial charge in [-0.05, 0) is 24.1 Å². The van der Waals surface area contributed by atoms with E-state index in [-0.39, 0.29) is 0 Å². The van der Waals surface area contributed by atoms with Gasteiger partial charge in [0.05, 0.1) is 19.9 Å². The fourth-order valence-corrected chi connectivity index (χ4v) is 2.31. The molecule has 0 saturated heterocycles. The van der Waals surface area contributed by atoms with Crippen LogP contribution in [0.5, 0.6) is 11.5 Å². The average Bonchev–Trinajstić information content (AvgIpc) is 2.66. The molecule has 25 heavy (non-hydrogen) atoms. The van der Waals surface area contributed by atoms with Gasteiger partial charge < -0.3 is 14.2 Å². The number of rotatable bonds is 7. The Morgan fingerprint density at radius 2 is 1.88 bits per heavy atom. The van der Waals surface area contributed by atoms with Crippen LogP contribution in [0.15, 0.2) is 48.5 Å². The molecule has 0 aromatic heterocycles. The predicted octanol–water partition coefficient (Wildman–Crippen LogP) is 4.88. The minimum atomic E-state index is -0.536. The molecule has 5 nitrogen and oxygen atoms in total. The van der Waals surface area contributed by atoms with E-state index in [1.54, 1.807) is 19.2 Å². The van der Waals surface area contributed by atoms with Crippen molar-refractivity contribution in [1.82, 2.24) is 0 Å². The van der Waals surface area contributed by atoms with Gasteiger partial charge in [0.25, 0.3) is 0 Å². The monoisotopic (exact) mass is 341 g/mol. The van der Waals surface area contributed by atoms with Crippen LogP contribution in [0.1, 0.15) is 24.5 Å². The molecule has 0 spiro atoms. The van der Waals surface area contributed by atoms with Crippen LogP contribution in [0.25, 0.3) is 6.08 Å². The molecule has 132 valence electrons. The van der Waals surface area contributed by atoms with Gasteiger partial charge in [0.2, 0.25) is 0 Å². The number of carbonyl (C=O) groups is 1. The summed E-state index contributed by atoms with van der Waals surface area (Å²) in [5, 5.41) is 2.70. The minimum absolute atomic E-state index is 0.428. The Balaban J connectivity index is 2.33. The molecule has 0 bridgehead atoms. The summed E-state index contributed by atoms with van der Waals surface area (Å²) in [6, 6.07) is 13.4. The molecule has 2 aromatic rings. The van der Waals surface area contributed by atoms with Crippen LogP contribution in [0.2, 0.25) is 0 Å². The first kappa shape index (κ1) is 18.4. The van der Waals surface area contributed by atoms with Crippen molar-refractivity contribution in [2.45, 2.75) is 20.0 Å². The van der Waals surface area contributed by atoms with E-state index in [0.29, 0.717) is 23.8 Å². The zero-order chi connectivity index (χ0) is 18.1. The topological polar surface area (TPSA) is 56.8 Å². The van der Waals surface area contributed by atoms with E-state index in [2.05, 4.69) is 10.1 Å². The van der Waals surface area contributed by atoms with Crippen molar-refractivity contribution in [2.75, 3.05) is 19.5 Å². The first-order valence-electron chi connectivity index (χ1n) is 8.08. The zero-order valence-electron chi connectivity index (χ0n) is 14.7. The van der Waals surface area contributed by atoms with Crippen molar-refractivity contribution < 1.29 is 19.0 Å². The maximum atomic E-state index is 11.6. The van der Waals surface area contributed by atoms with Gasteiger partial charge >= 0.3 is 6.09 Å². The van der Waals surface area contributed by atoms with E-state index >= 15 is 0 Å². The van der Waals surface area contributed by atoms with Crippen LogP contribution in [-0.2, 0) is 11.3 Å². The lowest BCUT2D eigenvalue weighted by atomic mass is 10.1. The third-order valence-corrected chi connectivity index (χ3v) is 3.54. The molecule has 2 rings (SSSR count). The fraction of sp³-hybridized carbons (Fsp3) is 0.250. The Hall–Kier alpha value is -2.95. The quantitative estimate of drug-likeness (QED) is 0.780. The molecule has 0 saturated carbocycles. The summed E-state index contributed by atoms with van der Waals surface area (Å²) in [4.78, 5) is 11.6. The summed E-state index contributed by atoms with van der Waals surface area (Å²) < 4.78 is 16.1. The number of carbonyl (C=O) groups excluding carboxylic acids is 1. The number of ether oxygens (including phenoxy) is 3. The van der Waals surface area contributed by atoms with Crippen LogP contribution in [0, 0.1) is 0 Å². The van der Waals surface area contributed by atoms with Crippen LogP contribution in [-0.4, -0.2) is 20.3 Å². The number of allylic oxidation sites excluding steroid dienone is 1. The summed E-state index contributed by atoms with van der Waals surface area (Å²) in [5.74, 6) is 1.17. The van der Waals surface area contributed by atoms with Gasteiger partial charge in [0.1, 0.15) is 6.61 Å². The predicted molar refractivity (Wildman–Crippen MR) is 99.1 cm³/mol. The number of anilines is 1. The van der Waals surface area contributed by atoms with Gasteiger partial charge in [-0.3, -0.25) is 5.32 Å². The summed E-state index contributed by atoms with van der Waals surface area (Å²) >= 11 is 0. The molecular formula is C20H23NO4. The lowest BCUT2D eigenvalue weighted by molar-refractivity contribution is 0.187. The third kappa shape index (κ3) is 5.01. The second-order valence-corrected chi connectivity index (χ2v) is 5.26. The van der Waals surface area contributed by atoms with Crippen molar-refractivity contribution in [3.8, 4) is 11.5 Å². The summed E-state index contributed by atoms with van der Waals surface area (Å²) in [6.07, 6.45) is 4.21. The Bertz CT molecular complexity index is 726. The van der Waals surface area contributed by atoms with Crippen LogP contribution in [0.3, 0.4) is 0 Å². The Morgan fingerprint density at radius 3 is 2.52 bits per heavy atom. The average molecular weight is 341 g/mol. The highest BCUT2D eigenvalue weighted by Gasteiger charge is 2.15. The molecule has 0 aliphatic rings. The molecule has 5 heteroatoms. The Morgan fingerprint density at radius 1 is 1.12 bits per heavy atom. The van der Waals surface area contributed by atoms with E-state index in [4.69, 9.17) is 9.47 Å². The number of hydrogen-bond donors (Lipinski definition) is 1. The number of benzene rings is 2. The highest BCUT2D eigenvalue weighted by atomic mass is 16.5. The summed E-state index contributed by atoms with van der Waals surface area (Å²) in [7, 11) is 2.90. The second kappa shape index (κ2) is 9.37. The Kier molecular flexibility index (Phi) is 6.89. The minimum Gasteiger partial charge on any atom is -0.492 e. The second-order valence-electron chi connectivity index (χ2n) is 5.26. The van der Waals surface area contributed by atoms with Crippen molar-refractivity contribution in [3.05, 3.63) is 59.7 Å². The first-order valence-corrected chi connectivity index (χ1v) is 8.08. The maximum absolute atomic E-state index is 11.6. The van der Waals surface area contributed by atoms with Crippen LogP contribution in [0.4, 0.5) is 10.5 Å². The van der Waals surface area contributed by atoms with Gasteiger partial charge in [-0.15, -0.1) is 0 Å². The smallest absolute Gasteiger partial charge is 0.411 e. The lowest BCUT2D eigenvalue weighted by Crippen LogP contribution is -2.12. The normalized spacial score (nSPS) is 10.5. The van der Waals surface area contributed by atoms with Crippen molar-refractivity contribution >= 4 is 17.9 Å². The molecule has 0 aliphatic heterocycles. The SMILES string of the molecule is CC/C=C/c1c(NC(=O)OC)ccc(OCc2ccccc2)c1OC. The maximum Gasteiger partial charge on any atom is 0.411 e. The van der Waals surface area contributed by atoms with Crippen molar-refractivity contribution in [2.24, 2.45) is 0 Å². The highest BCUT2D eigenvalue weighted by Crippen LogP contribution is 2.38. The van der Waals surface area contributed by atoms with Crippen molar-refractivity contribution in [3.63, 3.8) is 0 Å². The molecule has 0 unspecified atom stereocenters. The van der Waals surface area contributed by atoms with E-state index < -0.39 is 6.09 Å². The van der Waals surface area contributed by atoms with Gasteiger partial charge in [0, 0.05) is 5.56 Å². The van der Waals surface area contributed by atoms with E-state index in [1.165, 1.54) is 7.11 Å². The number of nitrogens with one attached hydrogen (secondary N) is 1. The standard InChI is InChI=1S/C20H23NO4/c1-4-5-11-16-17(21-20(22)24-3)12-13-18(19(16)23-2)25-14-15-9-7-6-8-10-15/h5-13H,4,14H2,1-3H3,(H,21,22)/b11-5+. The number of hydrogen-bond acceptors (Lipinski definition) is 4. The Labute approximate surface area is 148 Å². The summed E-state index contributed by atoms with van der Waals surface area (Å²) in [5.41, 5.74) is 2.40. The largest absolute Gasteiger partial charge is 0.492 e. The van der Waals surface area contributed by atoms with Crippen LogP contribution < -0.4 is 14.8 Å². The molecule has 0 atom stereocenters. The van der Waals surface area contributed by atoms with E-state index in [9.17, 15) is 4.79 Å². The van der Waals surface area contributed by atoms with Gasteiger partial charge in [0.15, 0.2) is 11.5 Å². The first-order chi connectivity index (χ1) is 12.2. The lowest BCUT2D eigenvalue weighted by Gasteiger charge is -2.16. The van der Waals surface area contributed by atoms with E-state index in [0.717, 1.165) is 17.5 Å². The molecule has 0 heterocycles. The molecule has 1 N–H and O–H groups in total. The highest BCUT2D eigenvalue weighted by molar-refractivity contribution is 5.89. The molecule has 2 aromatic carbocycles. The van der Waals surface area contributed by atoms with Gasteiger partial charge in [-0.25, -0.2) is 4.79 Å². The molecule has 0 aliphatic carbocycles. The molecule has 0 radical (unpaired) electrons. The summed E-state index contributed by atoms with van der Waals surface area (Å²) in [6.45, 7) is 2.46. The van der Waals surface area contributed by atoms with Gasteiger partial charge in [-0.1, -0.05) is 49.4 Å². The zero-order valence-corrected chi connectivity index (χ0v) is 14.7.